The van der Waals surface area contributed by atoms with Crippen molar-refractivity contribution in [3.05, 3.63) is 71.8 Å². The largest absolute Gasteiger partial charge is 0.444 e. The summed E-state index contributed by atoms with van der Waals surface area (Å²) >= 11 is 0. The minimum Gasteiger partial charge on any atom is -0.444 e. The number of hydrogen-bond donors (Lipinski definition) is 8. The Balaban J connectivity index is 1.53. The van der Waals surface area contributed by atoms with Gasteiger partial charge in [-0.25, -0.2) is 9.59 Å². The van der Waals surface area contributed by atoms with Gasteiger partial charge in [-0.05, 0) is 54.4 Å². The molecular formula is C43H66N4O15. The quantitative estimate of drug-likeness (QED) is 0.0981. The van der Waals surface area contributed by atoms with Crippen molar-refractivity contribution in [2.24, 2.45) is 5.73 Å². The number of nitrogens with two attached hydrogens (primary N) is 1. The highest BCUT2D eigenvalue weighted by atomic mass is 16.7. The fourth-order valence-corrected chi connectivity index (χ4v) is 6.97. The molecule has 0 aromatic heterocycles. The van der Waals surface area contributed by atoms with Crippen LogP contribution in [0.5, 0.6) is 0 Å². The van der Waals surface area contributed by atoms with E-state index in [9.17, 15) is 45.0 Å². The number of primary amides is 1. The molecule has 2 aliphatic rings. The van der Waals surface area contributed by atoms with Crippen LogP contribution in [0.4, 0.5) is 9.59 Å². The van der Waals surface area contributed by atoms with Crippen molar-refractivity contribution in [2.75, 3.05) is 45.9 Å². The number of nitrogens with zero attached hydrogens (tertiary/aromatic N) is 2. The fraction of sp³-hybridized carbons (Fsp3) is 0.651. The SMILES string of the molecule is CC(C)(C)OC(=O)NCCC(C(N)=O)N(CCCN(CC(O)C(O)[C@@H]1OC(c2ccccc2)OC[C@H]1O)CC(O)C(O)[C@@H]1OC(c2ccccc2)OC[C@H]1O)C(=O)OC(C)(C)C. The third-order valence-corrected chi connectivity index (χ3v) is 9.94. The van der Waals surface area contributed by atoms with Gasteiger partial charge in [0.25, 0.3) is 0 Å². The number of carbonyl (C=O) groups is 3. The highest BCUT2D eigenvalue weighted by Gasteiger charge is 2.42. The Hall–Kier alpha value is -3.99. The van der Waals surface area contributed by atoms with Crippen molar-refractivity contribution in [3.63, 3.8) is 0 Å². The van der Waals surface area contributed by atoms with E-state index >= 15 is 0 Å². The summed E-state index contributed by atoms with van der Waals surface area (Å²) in [6, 6.07) is 16.4. The Morgan fingerprint density at radius 1 is 0.742 bits per heavy atom. The Morgan fingerprint density at radius 3 is 1.61 bits per heavy atom. The van der Waals surface area contributed by atoms with Crippen LogP contribution >= 0.6 is 0 Å². The summed E-state index contributed by atoms with van der Waals surface area (Å²) in [5.41, 5.74) is 5.31. The van der Waals surface area contributed by atoms with Crippen LogP contribution in [0, 0.1) is 0 Å². The first kappa shape index (κ1) is 50.7. The average molecular weight is 879 g/mol. The molecule has 348 valence electrons. The van der Waals surface area contributed by atoms with Gasteiger partial charge >= 0.3 is 12.2 Å². The molecule has 2 aromatic carbocycles. The highest BCUT2D eigenvalue weighted by molar-refractivity contribution is 5.84. The lowest BCUT2D eigenvalue weighted by atomic mass is 9.99. The predicted octanol–water partition coefficient (Wildman–Crippen LogP) is 1.08. The number of aliphatic hydroxyl groups excluding tert-OH is 6. The first-order chi connectivity index (χ1) is 29.1. The van der Waals surface area contributed by atoms with E-state index in [4.69, 9.17) is 34.2 Å². The number of amides is 3. The third-order valence-electron chi connectivity index (χ3n) is 9.94. The van der Waals surface area contributed by atoms with Crippen LogP contribution in [0.15, 0.2) is 60.7 Å². The molecule has 9 N–H and O–H groups in total. The number of ether oxygens (including phenoxy) is 6. The molecule has 19 nitrogen and oxygen atoms in total. The van der Waals surface area contributed by atoms with Crippen LogP contribution in [-0.2, 0) is 33.2 Å². The molecule has 0 bridgehead atoms. The molecule has 2 heterocycles. The molecular weight excluding hydrogens is 812 g/mol. The average Bonchev–Trinajstić information content (AvgIpc) is 3.20. The second-order valence-electron chi connectivity index (χ2n) is 17.5. The van der Waals surface area contributed by atoms with E-state index < -0.39 is 96.7 Å². The monoisotopic (exact) mass is 878 g/mol. The van der Waals surface area contributed by atoms with Gasteiger partial charge in [0, 0.05) is 43.9 Å². The molecule has 3 amide bonds. The first-order valence-electron chi connectivity index (χ1n) is 20.8. The predicted molar refractivity (Wildman–Crippen MR) is 222 cm³/mol. The van der Waals surface area contributed by atoms with E-state index in [1.54, 1.807) is 102 Å². The van der Waals surface area contributed by atoms with Crippen molar-refractivity contribution in [2.45, 2.75) is 133 Å². The summed E-state index contributed by atoms with van der Waals surface area (Å²) in [6.07, 6.45) is -15.3. The second-order valence-corrected chi connectivity index (χ2v) is 17.5. The maximum absolute atomic E-state index is 13.6. The molecule has 0 spiro atoms. The van der Waals surface area contributed by atoms with Gasteiger partial charge in [0.05, 0.1) is 25.4 Å². The van der Waals surface area contributed by atoms with Crippen molar-refractivity contribution in [1.29, 1.82) is 0 Å². The molecule has 0 radical (unpaired) electrons. The number of carbonyl (C=O) groups excluding carboxylic acids is 3. The zero-order valence-corrected chi connectivity index (χ0v) is 36.3. The summed E-state index contributed by atoms with van der Waals surface area (Å²) in [5.74, 6) is -0.872. The summed E-state index contributed by atoms with van der Waals surface area (Å²) in [7, 11) is 0. The van der Waals surface area contributed by atoms with Crippen LogP contribution in [-0.4, -0.2) is 171 Å². The lowest BCUT2D eigenvalue weighted by Gasteiger charge is -2.40. The van der Waals surface area contributed by atoms with E-state index in [-0.39, 0.29) is 58.8 Å². The van der Waals surface area contributed by atoms with Crippen LogP contribution in [0.3, 0.4) is 0 Å². The van der Waals surface area contributed by atoms with Gasteiger partial charge in [0.15, 0.2) is 12.6 Å². The molecule has 2 fully saturated rings. The highest BCUT2D eigenvalue weighted by Crippen LogP contribution is 2.31. The molecule has 0 saturated carbocycles. The summed E-state index contributed by atoms with van der Waals surface area (Å²) in [4.78, 5) is 41.4. The second kappa shape index (κ2) is 23.1. The number of hydrogen-bond acceptors (Lipinski definition) is 16. The maximum atomic E-state index is 13.6. The number of benzene rings is 2. The fourth-order valence-electron chi connectivity index (χ4n) is 6.97. The number of alkyl carbamates (subject to hydrolysis) is 1. The molecule has 7 unspecified atom stereocenters. The van der Waals surface area contributed by atoms with E-state index in [0.717, 1.165) is 4.90 Å². The minimum absolute atomic E-state index is 0.0256. The molecule has 19 heteroatoms. The van der Waals surface area contributed by atoms with Crippen molar-refractivity contribution >= 4 is 18.1 Å². The summed E-state index contributed by atoms with van der Waals surface area (Å²) in [5, 5.41) is 69.9. The van der Waals surface area contributed by atoms with Gasteiger partial charge in [-0.1, -0.05) is 60.7 Å². The molecule has 11 atom stereocenters. The van der Waals surface area contributed by atoms with E-state index in [2.05, 4.69) is 5.32 Å². The van der Waals surface area contributed by atoms with Gasteiger partial charge in [0.1, 0.15) is 53.9 Å². The van der Waals surface area contributed by atoms with Gasteiger partial charge in [-0.2, -0.15) is 0 Å². The van der Waals surface area contributed by atoms with Crippen LogP contribution in [0.2, 0.25) is 0 Å². The van der Waals surface area contributed by atoms with Crippen molar-refractivity contribution in [1.82, 2.24) is 15.1 Å². The Kier molecular flexibility index (Phi) is 18.9. The molecule has 0 aliphatic carbocycles. The van der Waals surface area contributed by atoms with Crippen molar-refractivity contribution in [3.8, 4) is 0 Å². The molecule has 2 aliphatic heterocycles. The Labute approximate surface area is 362 Å². The van der Waals surface area contributed by atoms with Crippen LogP contribution in [0.25, 0.3) is 0 Å². The standard InChI is InChI=1S/C43H66N4O15/c1-42(2,3)61-40(55)45-19-18-28(37(44)54)47(41(56)62-43(4,5)6)21-13-20-46(22-29(48)33(52)35-31(50)24-57-38(59-35)26-14-9-7-10-15-26)23-30(49)34(53)36-32(51)25-58-39(60-36)27-16-11-8-12-17-27/h7-12,14-17,28-36,38-39,48-53H,13,18-25H2,1-6H3,(H2,44,54)(H,45,55)/t28?,29?,30?,31-,32-,33?,34?,35-,36-,38?,39?/m1/s1. The van der Waals surface area contributed by atoms with Crippen LogP contribution < -0.4 is 11.1 Å². The third kappa shape index (κ3) is 15.7. The van der Waals surface area contributed by atoms with Crippen LogP contribution in [0.1, 0.15) is 78.1 Å². The smallest absolute Gasteiger partial charge is 0.410 e. The number of rotatable bonds is 19. The number of aliphatic hydroxyl groups is 6. The maximum Gasteiger partial charge on any atom is 0.410 e. The van der Waals surface area contributed by atoms with E-state index in [1.165, 1.54) is 4.90 Å². The lowest BCUT2D eigenvalue weighted by Crippen LogP contribution is -2.56. The van der Waals surface area contributed by atoms with Crippen molar-refractivity contribution < 1.29 is 73.4 Å². The molecule has 62 heavy (non-hydrogen) atoms. The Bertz CT molecular complexity index is 1600. The molecule has 2 saturated heterocycles. The Morgan fingerprint density at radius 2 is 1.19 bits per heavy atom. The first-order valence-corrected chi connectivity index (χ1v) is 20.8. The van der Waals surface area contributed by atoms with E-state index in [1.807, 2.05) is 0 Å². The van der Waals surface area contributed by atoms with E-state index in [0.29, 0.717) is 11.1 Å². The summed E-state index contributed by atoms with van der Waals surface area (Å²) in [6.45, 7) is 8.65. The topological polar surface area (TPSA) is 272 Å². The lowest BCUT2D eigenvalue weighted by molar-refractivity contribution is -0.285. The van der Waals surface area contributed by atoms with Gasteiger partial charge in [-0.15, -0.1) is 0 Å². The van der Waals surface area contributed by atoms with Gasteiger partial charge in [0.2, 0.25) is 5.91 Å². The number of nitrogens with one attached hydrogen (secondary N) is 1. The minimum atomic E-state index is -1.67. The van der Waals surface area contributed by atoms with Gasteiger partial charge < -0.3 is 70.1 Å². The molecule has 4 rings (SSSR count). The zero-order valence-electron chi connectivity index (χ0n) is 36.3. The summed E-state index contributed by atoms with van der Waals surface area (Å²) < 4.78 is 34.0. The zero-order chi connectivity index (χ0) is 45.8. The normalized spacial score (nSPS) is 24.6. The van der Waals surface area contributed by atoms with Gasteiger partial charge in [-0.3, -0.25) is 14.6 Å². The molecule has 2 aromatic rings.